The van der Waals surface area contributed by atoms with Crippen molar-refractivity contribution in [3.05, 3.63) is 58.0 Å². The van der Waals surface area contributed by atoms with Crippen molar-refractivity contribution in [2.45, 2.75) is 50.8 Å². The minimum atomic E-state index is -0.741. The highest BCUT2D eigenvalue weighted by Gasteiger charge is 2.44. The van der Waals surface area contributed by atoms with Gasteiger partial charge in [0.05, 0.1) is 24.4 Å². The van der Waals surface area contributed by atoms with Crippen LogP contribution in [0.5, 0.6) is 0 Å². The molecule has 0 spiro atoms. The van der Waals surface area contributed by atoms with Crippen LogP contribution in [0.2, 0.25) is 0 Å². The van der Waals surface area contributed by atoms with Crippen LogP contribution in [0.1, 0.15) is 55.6 Å². The van der Waals surface area contributed by atoms with E-state index in [2.05, 4.69) is 20.4 Å². The van der Waals surface area contributed by atoms with E-state index in [1.54, 1.807) is 37.9 Å². The Bertz CT molecular complexity index is 1440. The van der Waals surface area contributed by atoms with Gasteiger partial charge >= 0.3 is 6.09 Å². The summed E-state index contributed by atoms with van der Waals surface area (Å²) in [5.74, 6) is -0.595. The predicted octanol–water partition coefficient (Wildman–Crippen LogP) is 1.61. The molecule has 1 saturated heterocycles. The number of anilines is 1. The van der Waals surface area contributed by atoms with Crippen molar-refractivity contribution >= 4 is 23.5 Å². The average molecular weight is 528 g/mol. The summed E-state index contributed by atoms with van der Waals surface area (Å²) in [5, 5.41) is 16.7. The first-order valence-electron chi connectivity index (χ1n) is 12.4. The fraction of sp³-hybridized carbons (Fsp3) is 0.480. The summed E-state index contributed by atoms with van der Waals surface area (Å²) < 4.78 is 21.2. The van der Waals surface area contributed by atoms with Crippen LogP contribution in [0, 0.1) is 5.82 Å². The number of fused-ring (bicyclic) bond motifs is 1. The zero-order valence-electron chi connectivity index (χ0n) is 21.4. The standard InChI is InChI=1S/C25H30FN7O5/c1-24(2,3)38-23(37)31-8-9-32(18(13-31)16-10-15(26)11-27-21(16)35)19-4-7-33-20(29-19)17(12-28-33)22(36)30-25(14-34)5-6-25/h4,7,10-12,18,34H,5-6,8-9,13-14H2,1-3H3,(H,27,35)(H,30,36). The molecule has 1 aliphatic heterocycles. The van der Waals surface area contributed by atoms with Crippen molar-refractivity contribution in [1.29, 1.82) is 0 Å². The van der Waals surface area contributed by atoms with Gasteiger partial charge in [0.15, 0.2) is 5.65 Å². The molecule has 1 atom stereocenters. The first-order chi connectivity index (χ1) is 18.0. The van der Waals surface area contributed by atoms with Gasteiger partial charge < -0.3 is 29.9 Å². The molecule has 38 heavy (non-hydrogen) atoms. The van der Waals surface area contributed by atoms with Gasteiger partial charge in [0.2, 0.25) is 0 Å². The van der Waals surface area contributed by atoms with E-state index < -0.39 is 40.6 Å². The smallest absolute Gasteiger partial charge is 0.410 e. The molecule has 0 bridgehead atoms. The minimum Gasteiger partial charge on any atom is -0.444 e. The van der Waals surface area contributed by atoms with Gasteiger partial charge in [-0.15, -0.1) is 0 Å². The lowest BCUT2D eigenvalue weighted by Gasteiger charge is -2.42. The number of carbonyl (C=O) groups excluding carboxylic acids is 2. The first-order valence-corrected chi connectivity index (χ1v) is 12.4. The van der Waals surface area contributed by atoms with Gasteiger partial charge in [-0.05, 0) is 45.7 Å². The second-order valence-corrected chi connectivity index (χ2v) is 10.7. The zero-order chi connectivity index (χ0) is 27.2. The molecule has 1 aliphatic carbocycles. The highest BCUT2D eigenvalue weighted by atomic mass is 19.1. The summed E-state index contributed by atoms with van der Waals surface area (Å²) in [6.07, 6.45) is 4.87. The fourth-order valence-electron chi connectivity index (χ4n) is 4.50. The topological polar surface area (TPSA) is 145 Å². The molecule has 3 aromatic rings. The van der Waals surface area contributed by atoms with Crippen LogP contribution in [-0.4, -0.2) is 79.0 Å². The minimum absolute atomic E-state index is 0.0555. The molecule has 0 radical (unpaired) electrons. The molecule has 4 heterocycles. The maximum absolute atomic E-state index is 14.2. The molecule has 3 aromatic heterocycles. The number of rotatable bonds is 5. The van der Waals surface area contributed by atoms with E-state index in [1.165, 1.54) is 15.6 Å². The summed E-state index contributed by atoms with van der Waals surface area (Å²) in [6.45, 7) is 5.74. The van der Waals surface area contributed by atoms with Crippen molar-refractivity contribution in [2.24, 2.45) is 0 Å². The van der Waals surface area contributed by atoms with Crippen LogP contribution in [0.3, 0.4) is 0 Å². The van der Waals surface area contributed by atoms with Crippen LogP contribution >= 0.6 is 0 Å². The average Bonchev–Trinajstić information content (AvgIpc) is 3.51. The Morgan fingerprint density at radius 2 is 2.08 bits per heavy atom. The lowest BCUT2D eigenvalue weighted by atomic mass is 10.0. The van der Waals surface area contributed by atoms with Crippen molar-refractivity contribution < 1.29 is 23.8 Å². The second kappa shape index (κ2) is 9.39. The number of halogens is 1. The third-order valence-corrected chi connectivity index (χ3v) is 6.72. The van der Waals surface area contributed by atoms with Gasteiger partial charge in [0, 0.05) is 37.6 Å². The fourth-order valence-corrected chi connectivity index (χ4v) is 4.50. The number of pyridine rings is 1. The Labute approximate surface area is 217 Å². The molecule has 2 amide bonds. The maximum atomic E-state index is 14.2. The van der Waals surface area contributed by atoms with E-state index in [0.29, 0.717) is 18.7 Å². The number of hydrogen-bond acceptors (Lipinski definition) is 8. The Morgan fingerprint density at radius 3 is 2.76 bits per heavy atom. The largest absolute Gasteiger partial charge is 0.444 e. The van der Waals surface area contributed by atoms with Crippen LogP contribution < -0.4 is 15.8 Å². The van der Waals surface area contributed by atoms with E-state index in [0.717, 1.165) is 12.3 Å². The third kappa shape index (κ3) is 5.05. The van der Waals surface area contributed by atoms with Crippen molar-refractivity contribution in [1.82, 2.24) is 29.8 Å². The molecule has 202 valence electrons. The second-order valence-electron chi connectivity index (χ2n) is 10.7. The molecular formula is C25H30FN7O5. The molecule has 0 aromatic carbocycles. The SMILES string of the molecule is CC(C)(C)OC(=O)N1CCN(c2ccn3ncc(C(=O)NC4(CO)CC4)c3n2)C(c2cc(F)c[nH]c2=O)C1. The normalized spacial score (nSPS) is 18.9. The number of nitrogens with one attached hydrogen (secondary N) is 2. The Kier molecular flexibility index (Phi) is 6.33. The van der Waals surface area contributed by atoms with Crippen molar-refractivity contribution in [3.8, 4) is 0 Å². The van der Waals surface area contributed by atoms with Gasteiger partial charge in [-0.3, -0.25) is 9.59 Å². The molecule has 1 unspecified atom stereocenters. The molecule has 5 rings (SSSR count). The Balaban J connectivity index is 1.49. The summed E-state index contributed by atoms with van der Waals surface area (Å²) in [7, 11) is 0. The Morgan fingerprint density at radius 1 is 1.32 bits per heavy atom. The van der Waals surface area contributed by atoms with Crippen molar-refractivity contribution in [3.63, 3.8) is 0 Å². The molecule has 2 aliphatic rings. The summed E-state index contributed by atoms with van der Waals surface area (Å²) in [6, 6.07) is 2.09. The van der Waals surface area contributed by atoms with E-state index in [4.69, 9.17) is 4.74 Å². The van der Waals surface area contributed by atoms with E-state index in [-0.39, 0.29) is 43.0 Å². The molecule has 1 saturated carbocycles. The van der Waals surface area contributed by atoms with Crippen LogP contribution in [0.25, 0.3) is 5.65 Å². The number of aliphatic hydroxyl groups is 1. The van der Waals surface area contributed by atoms with Crippen molar-refractivity contribution in [2.75, 3.05) is 31.1 Å². The number of ether oxygens (including phenoxy) is 1. The van der Waals surface area contributed by atoms with E-state index >= 15 is 0 Å². The summed E-state index contributed by atoms with van der Waals surface area (Å²) in [4.78, 5) is 48.9. The number of aliphatic hydroxyl groups excluding tert-OH is 1. The van der Waals surface area contributed by atoms with E-state index in [9.17, 15) is 23.9 Å². The Hall–Kier alpha value is -4.00. The quantitative estimate of drug-likeness (QED) is 0.454. The third-order valence-electron chi connectivity index (χ3n) is 6.72. The summed E-state index contributed by atoms with van der Waals surface area (Å²) in [5.41, 5.74) is -1.15. The lowest BCUT2D eigenvalue weighted by molar-refractivity contribution is 0.0213. The first kappa shape index (κ1) is 25.6. The van der Waals surface area contributed by atoms with Gasteiger partial charge in [-0.2, -0.15) is 5.10 Å². The predicted molar refractivity (Wildman–Crippen MR) is 134 cm³/mol. The molecule has 13 heteroatoms. The monoisotopic (exact) mass is 527 g/mol. The number of hydrogen-bond donors (Lipinski definition) is 3. The maximum Gasteiger partial charge on any atom is 0.410 e. The molecular weight excluding hydrogens is 497 g/mol. The van der Waals surface area contributed by atoms with Crippen LogP contribution in [-0.2, 0) is 4.74 Å². The number of amides is 2. The van der Waals surface area contributed by atoms with Gasteiger partial charge in [-0.25, -0.2) is 18.7 Å². The number of carbonyl (C=O) groups is 2. The van der Waals surface area contributed by atoms with Crippen LogP contribution in [0.15, 0.2) is 35.5 Å². The molecule has 12 nitrogen and oxygen atoms in total. The number of aromatic amines is 1. The number of aromatic nitrogens is 4. The highest BCUT2D eigenvalue weighted by Crippen LogP contribution is 2.35. The van der Waals surface area contributed by atoms with Gasteiger partial charge in [0.1, 0.15) is 22.8 Å². The number of nitrogens with zero attached hydrogens (tertiary/aromatic N) is 5. The number of piperazine rings is 1. The van der Waals surface area contributed by atoms with Gasteiger partial charge in [-0.1, -0.05) is 0 Å². The number of H-pyrrole nitrogens is 1. The highest BCUT2D eigenvalue weighted by molar-refractivity contribution is 6.00. The van der Waals surface area contributed by atoms with E-state index in [1.807, 2.05) is 0 Å². The van der Waals surface area contributed by atoms with Gasteiger partial charge in [0.25, 0.3) is 11.5 Å². The van der Waals surface area contributed by atoms with Crippen LogP contribution in [0.4, 0.5) is 15.0 Å². The molecule has 2 fully saturated rings. The molecule has 3 N–H and O–H groups in total. The zero-order valence-corrected chi connectivity index (χ0v) is 21.4. The lowest BCUT2D eigenvalue weighted by Crippen LogP contribution is -2.53. The summed E-state index contributed by atoms with van der Waals surface area (Å²) >= 11 is 0.